The summed E-state index contributed by atoms with van der Waals surface area (Å²) in [5, 5.41) is 3.03. The molecule has 47 heavy (non-hydrogen) atoms. The average molecular weight is 656 g/mol. The minimum absolute atomic E-state index is 0.0421. The number of benzene rings is 4. The molecule has 0 bridgehead atoms. The topological polar surface area (TPSA) is 96.0 Å². The Balaban J connectivity index is 1.86. The Labute approximate surface area is 279 Å². The van der Waals surface area contributed by atoms with Gasteiger partial charge in [0.15, 0.2) is 0 Å². The lowest BCUT2D eigenvalue weighted by Crippen LogP contribution is -2.53. The third kappa shape index (κ3) is 9.01. The molecule has 0 saturated carbocycles. The first kappa shape index (κ1) is 35.2. The molecule has 0 fully saturated rings. The number of nitrogens with one attached hydrogen (secondary N) is 1. The third-order valence-electron chi connectivity index (χ3n) is 8.05. The van der Waals surface area contributed by atoms with Gasteiger partial charge in [0.2, 0.25) is 11.8 Å². The fraction of sp³-hybridized carbons (Fsp3) is 0.316. The lowest BCUT2D eigenvalue weighted by molar-refractivity contribution is -0.140. The van der Waals surface area contributed by atoms with E-state index >= 15 is 0 Å². The van der Waals surface area contributed by atoms with Gasteiger partial charge >= 0.3 is 0 Å². The Morgan fingerprint density at radius 3 is 2.11 bits per heavy atom. The number of sulfonamides is 1. The highest BCUT2D eigenvalue weighted by molar-refractivity contribution is 7.92. The second-order valence-electron chi connectivity index (χ2n) is 12.3. The molecule has 0 unspecified atom stereocenters. The quantitative estimate of drug-likeness (QED) is 0.174. The van der Waals surface area contributed by atoms with E-state index in [9.17, 15) is 18.0 Å². The first-order valence-corrected chi connectivity index (χ1v) is 17.2. The zero-order valence-electron chi connectivity index (χ0n) is 28.1. The second-order valence-corrected chi connectivity index (χ2v) is 14.2. The van der Waals surface area contributed by atoms with Crippen molar-refractivity contribution in [3.05, 3.63) is 125 Å². The minimum atomic E-state index is -4.25. The molecule has 0 radical (unpaired) electrons. The number of amides is 2. The Morgan fingerprint density at radius 1 is 0.830 bits per heavy atom. The standard InChI is InChI=1S/C38H45N3O5S/c1-27(2)24-39-38(43)35(23-31-13-8-7-9-14-31)40(25-32-15-11-10-12-30(32)5)37(42)26-41(34-22-29(4)18-21-36(34)46-6)47(44,45)33-19-16-28(3)17-20-33/h7-22,27,35H,23-26H2,1-6H3,(H,39,43)/t35-/m1/s1. The number of rotatable bonds is 14. The van der Waals surface area contributed by atoms with E-state index in [1.165, 1.54) is 24.1 Å². The van der Waals surface area contributed by atoms with Crippen molar-refractivity contribution >= 4 is 27.5 Å². The van der Waals surface area contributed by atoms with Crippen LogP contribution in [-0.2, 0) is 32.6 Å². The number of ether oxygens (including phenoxy) is 1. The smallest absolute Gasteiger partial charge is 0.264 e. The SMILES string of the molecule is COc1ccc(C)cc1N(CC(=O)N(Cc1ccccc1C)[C@H](Cc1ccccc1)C(=O)NCC(C)C)S(=O)(=O)c1ccc(C)cc1. The van der Waals surface area contributed by atoms with Gasteiger partial charge in [-0.1, -0.05) is 92.2 Å². The maximum absolute atomic E-state index is 14.7. The molecule has 0 spiro atoms. The summed E-state index contributed by atoms with van der Waals surface area (Å²) < 4.78 is 35.5. The maximum Gasteiger partial charge on any atom is 0.264 e. The van der Waals surface area contributed by atoms with Gasteiger partial charge in [0.05, 0.1) is 17.7 Å². The summed E-state index contributed by atoms with van der Waals surface area (Å²) in [6, 6.07) is 28.0. The lowest BCUT2D eigenvalue weighted by atomic mass is 10.0. The van der Waals surface area contributed by atoms with Crippen LogP contribution in [0, 0.1) is 26.7 Å². The number of carbonyl (C=O) groups is 2. The monoisotopic (exact) mass is 655 g/mol. The molecule has 1 N–H and O–H groups in total. The van der Waals surface area contributed by atoms with Gasteiger partial charge < -0.3 is 15.0 Å². The summed E-state index contributed by atoms with van der Waals surface area (Å²) >= 11 is 0. The number of carbonyl (C=O) groups excluding carboxylic acids is 2. The lowest BCUT2D eigenvalue weighted by Gasteiger charge is -2.34. The zero-order valence-corrected chi connectivity index (χ0v) is 28.9. The Kier molecular flexibility index (Phi) is 11.8. The summed E-state index contributed by atoms with van der Waals surface area (Å²) in [7, 11) is -2.79. The van der Waals surface area contributed by atoms with Crippen LogP contribution in [0.25, 0.3) is 0 Å². The van der Waals surface area contributed by atoms with Crippen molar-refractivity contribution in [3.63, 3.8) is 0 Å². The van der Waals surface area contributed by atoms with Crippen LogP contribution >= 0.6 is 0 Å². The predicted molar refractivity (Wildman–Crippen MR) is 187 cm³/mol. The normalized spacial score (nSPS) is 12.0. The van der Waals surface area contributed by atoms with Gasteiger partial charge in [0.1, 0.15) is 18.3 Å². The van der Waals surface area contributed by atoms with Crippen molar-refractivity contribution in [2.24, 2.45) is 5.92 Å². The summed E-state index contributed by atoms with van der Waals surface area (Å²) in [6.07, 6.45) is 0.251. The van der Waals surface area contributed by atoms with Crippen molar-refractivity contribution < 1.29 is 22.7 Å². The number of hydrogen-bond acceptors (Lipinski definition) is 5. The maximum atomic E-state index is 14.7. The zero-order chi connectivity index (χ0) is 34.1. The van der Waals surface area contributed by atoms with Gasteiger partial charge in [-0.2, -0.15) is 0 Å². The summed E-state index contributed by atoms with van der Waals surface area (Å²) in [6.45, 7) is 9.69. The van der Waals surface area contributed by atoms with E-state index in [2.05, 4.69) is 5.32 Å². The summed E-state index contributed by atoms with van der Waals surface area (Å²) in [5.41, 5.74) is 4.63. The molecule has 0 aromatic heterocycles. The second kappa shape index (κ2) is 15.8. The average Bonchev–Trinajstić information content (AvgIpc) is 3.05. The van der Waals surface area contributed by atoms with Gasteiger partial charge in [-0.3, -0.25) is 13.9 Å². The van der Waals surface area contributed by atoms with Crippen molar-refractivity contribution in [2.45, 2.75) is 58.5 Å². The molecule has 9 heteroatoms. The van der Waals surface area contributed by atoms with Crippen LogP contribution in [-0.4, -0.2) is 51.4 Å². The van der Waals surface area contributed by atoms with E-state index in [1.807, 2.05) is 95.3 Å². The molecular weight excluding hydrogens is 611 g/mol. The molecule has 1 atom stereocenters. The van der Waals surface area contributed by atoms with E-state index < -0.39 is 28.5 Å². The molecule has 0 aliphatic heterocycles. The molecular formula is C38H45N3O5S. The molecule has 4 aromatic rings. The van der Waals surface area contributed by atoms with Gasteiger partial charge in [0, 0.05) is 19.5 Å². The van der Waals surface area contributed by atoms with Gasteiger partial charge in [0.25, 0.3) is 10.0 Å². The van der Waals surface area contributed by atoms with Crippen molar-refractivity contribution in [3.8, 4) is 5.75 Å². The largest absolute Gasteiger partial charge is 0.495 e. The fourth-order valence-corrected chi connectivity index (χ4v) is 6.71. The number of nitrogens with zero attached hydrogens (tertiary/aromatic N) is 2. The van der Waals surface area contributed by atoms with Crippen LogP contribution in [0.5, 0.6) is 5.75 Å². The third-order valence-corrected chi connectivity index (χ3v) is 9.82. The molecule has 0 aliphatic rings. The molecule has 8 nitrogen and oxygen atoms in total. The summed E-state index contributed by atoms with van der Waals surface area (Å²) in [5.74, 6) is -0.320. The first-order chi connectivity index (χ1) is 22.4. The van der Waals surface area contributed by atoms with Crippen LogP contribution in [0.1, 0.15) is 41.7 Å². The van der Waals surface area contributed by atoms with Crippen molar-refractivity contribution in [1.29, 1.82) is 0 Å². The van der Waals surface area contributed by atoms with E-state index in [4.69, 9.17) is 4.74 Å². The highest BCUT2D eigenvalue weighted by Crippen LogP contribution is 2.34. The molecule has 248 valence electrons. The molecule has 2 amide bonds. The van der Waals surface area contributed by atoms with E-state index in [-0.39, 0.29) is 35.4 Å². The van der Waals surface area contributed by atoms with Crippen LogP contribution < -0.4 is 14.4 Å². The molecule has 0 saturated heterocycles. The predicted octanol–water partition coefficient (Wildman–Crippen LogP) is 6.23. The van der Waals surface area contributed by atoms with Gasteiger partial charge in [-0.25, -0.2) is 8.42 Å². The van der Waals surface area contributed by atoms with Crippen LogP contribution in [0.4, 0.5) is 5.69 Å². The Morgan fingerprint density at radius 2 is 1.47 bits per heavy atom. The van der Waals surface area contributed by atoms with Gasteiger partial charge in [-0.05, 0) is 73.2 Å². The fourth-order valence-electron chi connectivity index (χ4n) is 5.29. The van der Waals surface area contributed by atoms with Crippen LogP contribution in [0.15, 0.2) is 102 Å². The van der Waals surface area contributed by atoms with Crippen molar-refractivity contribution in [2.75, 3.05) is 24.5 Å². The molecule has 4 aromatic carbocycles. The molecule has 0 aliphatic carbocycles. The number of aryl methyl sites for hydroxylation is 3. The van der Waals surface area contributed by atoms with E-state index in [0.29, 0.717) is 12.3 Å². The number of methoxy groups -OCH3 is 1. The summed E-state index contributed by atoms with van der Waals surface area (Å²) in [4.78, 5) is 30.3. The van der Waals surface area contributed by atoms with E-state index in [1.54, 1.807) is 24.3 Å². The van der Waals surface area contributed by atoms with Crippen molar-refractivity contribution in [1.82, 2.24) is 10.2 Å². The first-order valence-electron chi connectivity index (χ1n) is 15.8. The van der Waals surface area contributed by atoms with E-state index in [0.717, 1.165) is 32.1 Å². The molecule has 4 rings (SSSR count). The highest BCUT2D eigenvalue weighted by Gasteiger charge is 2.35. The highest BCUT2D eigenvalue weighted by atomic mass is 32.2. The van der Waals surface area contributed by atoms with Gasteiger partial charge in [-0.15, -0.1) is 0 Å². The Bertz CT molecular complexity index is 1770. The number of anilines is 1. The van der Waals surface area contributed by atoms with Crippen LogP contribution in [0.3, 0.4) is 0 Å². The number of hydrogen-bond donors (Lipinski definition) is 1. The minimum Gasteiger partial charge on any atom is -0.495 e. The van der Waals surface area contributed by atoms with Crippen LogP contribution in [0.2, 0.25) is 0 Å². The Hall–Kier alpha value is -4.63. The molecule has 0 heterocycles.